The van der Waals surface area contributed by atoms with Crippen molar-refractivity contribution >= 4 is 6.08 Å². The SMILES string of the molecule is CCC1CC=c2cccc(O)c2=N1. The molecule has 1 heterocycles. The molecule has 0 bridgehead atoms. The third-order valence-corrected chi connectivity index (χ3v) is 2.44. The summed E-state index contributed by atoms with van der Waals surface area (Å²) < 4.78 is 0. The molecule has 1 aromatic carbocycles. The van der Waals surface area contributed by atoms with Gasteiger partial charge in [0.15, 0.2) is 0 Å². The van der Waals surface area contributed by atoms with Crippen molar-refractivity contribution in [2.75, 3.05) is 0 Å². The minimum Gasteiger partial charge on any atom is -0.506 e. The van der Waals surface area contributed by atoms with Crippen LogP contribution in [0.1, 0.15) is 19.8 Å². The fraction of sp³-hybridized carbons (Fsp3) is 0.364. The standard InChI is InChI=1S/C11H13NO/c1-2-9-7-6-8-4-3-5-10(13)11(8)12-9/h3-6,9,13H,2,7H2,1H3. The minimum atomic E-state index is 0.298. The molecule has 0 aromatic heterocycles. The van der Waals surface area contributed by atoms with Gasteiger partial charge in [-0.15, -0.1) is 0 Å². The van der Waals surface area contributed by atoms with E-state index in [1.165, 1.54) is 0 Å². The summed E-state index contributed by atoms with van der Waals surface area (Å²) in [6.45, 7) is 2.12. The van der Waals surface area contributed by atoms with Crippen LogP contribution in [0, 0.1) is 0 Å². The first-order chi connectivity index (χ1) is 6.31. The summed E-state index contributed by atoms with van der Waals surface area (Å²) >= 11 is 0. The molecule has 2 nitrogen and oxygen atoms in total. The van der Waals surface area contributed by atoms with Crippen molar-refractivity contribution < 1.29 is 5.11 Å². The summed E-state index contributed by atoms with van der Waals surface area (Å²) in [5.74, 6) is 0.298. The lowest BCUT2D eigenvalue weighted by Crippen LogP contribution is -2.30. The highest BCUT2D eigenvalue weighted by atomic mass is 16.3. The van der Waals surface area contributed by atoms with E-state index in [2.05, 4.69) is 18.0 Å². The molecule has 0 amide bonds. The highest BCUT2D eigenvalue weighted by molar-refractivity contribution is 5.32. The fourth-order valence-electron chi connectivity index (χ4n) is 1.61. The maximum atomic E-state index is 9.56. The Balaban J connectivity index is 2.65. The number of benzene rings is 1. The van der Waals surface area contributed by atoms with E-state index in [4.69, 9.17) is 0 Å². The van der Waals surface area contributed by atoms with Gasteiger partial charge in [0, 0.05) is 0 Å². The number of hydrogen-bond donors (Lipinski definition) is 1. The molecule has 68 valence electrons. The van der Waals surface area contributed by atoms with E-state index in [1.54, 1.807) is 6.07 Å². The van der Waals surface area contributed by atoms with Crippen LogP contribution in [0.4, 0.5) is 0 Å². The predicted octanol–water partition coefficient (Wildman–Crippen LogP) is 0.975. The first-order valence-corrected chi connectivity index (χ1v) is 4.67. The van der Waals surface area contributed by atoms with Crippen LogP contribution in [0.3, 0.4) is 0 Å². The number of rotatable bonds is 1. The summed E-state index contributed by atoms with van der Waals surface area (Å²) in [7, 11) is 0. The summed E-state index contributed by atoms with van der Waals surface area (Å²) in [6, 6.07) is 5.88. The first kappa shape index (κ1) is 8.30. The topological polar surface area (TPSA) is 32.6 Å². The lowest BCUT2D eigenvalue weighted by atomic mass is 10.1. The lowest BCUT2D eigenvalue weighted by Gasteiger charge is -2.10. The van der Waals surface area contributed by atoms with E-state index in [0.717, 1.165) is 23.4 Å². The Bertz CT molecular complexity index is 422. The van der Waals surface area contributed by atoms with Gasteiger partial charge in [-0.3, -0.25) is 4.99 Å². The van der Waals surface area contributed by atoms with Gasteiger partial charge in [-0.25, -0.2) is 0 Å². The third-order valence-electron chi connectivity index (χ3n) is 2.44. The molecule has 0 aliphatic carbocycles. The van der Waals surface area contributed by atoms with Crippen molar-refractivity contribution in [1.82, 2.24) is 0 Å². The van der Waals surface area contributed by atoms with Gasteiger partial charge in [0.25, 0.3) is 0 Å². The minimum absolute atomic E-state index is 0.298. The Kier molecular flexibility index (Phi) is 2.05. The highest BCUT2D eigenvalue weighted by Gasteiger charge is 2.07. The van der Waals surface area contributed by atoms with E-state index in [0.29, 0.717) is 11.8 Å². The van der Waals surface area contributed by atoms with Crippen molar-refractivity contribution in [2.24, 2.45) is 4.99 Å². The van der Waals surface area contributed by atoms with E-state index < -0.39 is 0 Å². The Morgan fingerprint density at radius 2 is 2.38 bits per heavy atom. The zero-order valence-corrected chi connectivity index (χ0v) is 7.70. The predicted molar refractivity (Wildman–Crippen MR) is 52.0 cm³/mol. The van der Waals surface area contributed by atoms with E-state index in [1.807, 2.05) is 12.1 Å². The Hall–Kier alpha value is -1.31. The Morgan fingerprint density at radius 1 is 1.54 bits per heavy atom. The second kappa shape index (κ2) is 3.21. The molecule has 0 radical (unpaired) electrons. The average Bonchev–Trinajstić information content (AvgIpc) is 2.18. The van der Waals surface area contributed by atoms with E-state index in [9.17, 15) is 5.11 Å². The lowest BCUT2D eigenvalue weighted by molar-refractivity contribution is 0.463. The van der Waals surface area contributed by atoms with Gasteiger partial charge in [0.1, 0.15) is 11.1 Å². The zero-order chi connectivity index (χ0) is 9.26. The molecule has 0 saturated carbocycles. The molecule has 0 saturated heterocycles. The monoisotopic (exact) mass is 175 g/mol. The van der Waals surface area contributed by atoms with Crippen LogP contribution >= 0.6 is 0 Å². The number of hydrogen-bond acceptors (Lipinski definition) is 2. The first-order valence-electron chi connectivity index (χ1n) is 4.67. The van der Waals surface area contributed by atoms with Crippen molar-refractivity contribution in [3.63, 3.8) is 0 Å². The second-order valence-corrected chi connectivity index (χ2v) is 3.35. The van der Waals surface area contributed by atoms with E-state index >= 15 is 0 Å². The molecule has 13 heavy (non-hydrogen) atoms. The molecule has 2 heteroatoms. The summed E-state index contributed by atoms with van der Waals surface area (Å²) in [5, 5.41) is 11.4. The summed E-state index contributed by atoms with van der Waals surface area (Å²) in [5.41, 5.74) is 0. The van der Waals surface area contributed by atoms with Crippen LogP contribution in [0.15, 0.2) is 23.2 Å². The van der Waals surface area contributed by atoms with Crippen molar-refractivity contribution in [2.45, 2.75) is 25.8 Å². The van der Waals surface area contributed by atoms with Crippen LogP contribution in [0.2, 0.25) is 0 Å². The molecule has 0 spiro atoms. The third kappa shape index (κ3) is 1.44. The van der Waals surface area contributed by atoms with Gasteiger partial charge < -0.3 is 5.11 Å². The molecule has 2 rings (SSSR count). The smallest absolute Gasteiger partial charge is 0.141 e. The number of para-hydroxylation sites is 1. The Morgan fingerprint density at radius 3 is 3.15 bits per heavy atom. The van der Waals surface area contributed by atoms with Crippen LogP contribution in [-0.4, -0.2) is 11.1 Å². The van der Waals surface area contributed by atoms with Crippen LogP contribution in [-0.2, 0) is 0 Å². The molecular weight excluding hydrogens is 162 g/mol. The maximum absolute atomic E-state index is 9.56. The molecule has 1 N–H and O–H groups in total. The average molecular weight is 175 g/mol. The molecule has 1 aliphatic rings. The van der Waals surface area contributed by atoms with Crippen LogP contribution in [0.5, 0.6) is 5.75 Å². The summed E-state index contributed by atoms with van der Waals surface area (Å²) in [4.78, 5) is 4.48. The van der Waals surface area contributed by atoms with Gasteiger partial charge in [-0.1, -0.05) is 25.1 Å². The molecule has 1 atom stereocenters. The largest absolute Gasteiger partial charge is 0.506 e. The van der Waals surface area contributed by atoms with Gasteiger partial charge in [-0.2, -0.15) is 0 Å². The number of fused-ring (bicyclic) bond motifs is 1. The molecule has 1 aliphatic heterocycles. The number of nitrogens with zero attached hydrogens (tertiary/aromatic N) is 1. The maximum Gasteiger partial charge on any atom is 0.141 e. The molecule has 0 fully saturated rings. The van der Waals surface area contributed by atoms with Crippen molar-refractivity contribution in [3.05, 3.63) is 28.8 Å². The molecule has 1 aromatic rings. The van der Waals surface area contributed by atoms with Crippen LogP contribution in [0.25, 0.3) is 6.08 Å². The Labute approximate surface area is 77.3 Å². The summed E-state index contributed by atoms with van der Waals surface area (Å²) in [6.07, 6.45) is 4.17. The van der Waals surface area contributed by atoms with Gasteiger partial charge in [0.05, 0.1) is 6.04 Å². The van der Waals surface area contributed by atoms with Gasteiger partial charge in [0.2, 0.25) is 0 Å². The molecular formula is C11H13NO. The van der Waals surface area contributed by atoms with Crippen molar-refractivity contribution in [1.29, 1.82) is 0 Å². The quantitative estimate of drug-likeness (QED) is 0.678. The van der Waals surface area contributed by atoms with Crippen LogP contribution < -0.4 is 10.6 Å². The normalized spacial score (nSPS) is 19.9. The van der Waals surface area contributed by atoms with Crippen molar-refractivity contribution in [3.8, 4) is 5.75 Å². The fourth-order valence-corrected chi connectivity index (χ4v) is 1.61. The molecule has 1 unspecified atom stereocenters. The zero-order valence-electron chi connectivity index (χ0n) is 7.70. The second-order valence-electron chi connectivity index (χ2n) is 3.35. The number of aromatic hydroxyl groups is 1. The highest BCUT2D eigenvalue weighted by Crippen LogP contribution is 2.07. The number of phenolic OH excluding ortho intramolecular Hbond substituents is 1. The van der Waals surface area contributed by atoms with Gasteiger partial charge in [-0.05, 0) is 24.1 Å². The number of phenols is 1. The van der Waals surface area contributed by atoms with Gasteiger partial charge >= 0.3 is 0 Å². The van der Waals surface area contributed by atoms with E-state index in [-0.39, 0.29) is 0 Å².